The number of anilines is 1. The molecule has 2 aromatic rings. The Bertz CT molecular complexity index is 909. The Balaban J connectivity index is 1.57. The Morgan fingerprint density at radius 2 is 2.11 bits per heavy atom. The van der Waals surface area contributed by atoms with E-state index >= 15 is 0 Å². The van der Waals surface area contributed by atoms with Crippen LogP contribution in [0.15, 0.2) is 18.2 Å². The molecule has 1 atom stereocenters. The van der Waals surface area contributed by atoms with Crippen LogP contribution in [0.1, 0.15) is 36.3 Å². The van der Waals surface area contributed by atoms with Crippen LogP contribution < -0.4 is 15.0 Å². The second kappa shape index (κ2) is 8.22. The minimum Gasteiger partial charge on any atom is -0.482 e. The maximum Gasteiger partial charge on any atom is 0.265 e. The molecule has 0 spiro atoms. The topological polar surface area (TPSA) is 76.5 Å². The Kier molecular flexibility index (Phi) is 5.93. The van der Waals surface area contributed by atoms with Crippen LogP contribution in [-0.2, 0) is 9.59 Å². The van der Waals surface area contributed by atoms with Gasteiger partial charge in [-0.2, -0.15) is 5.10 Å². The lowest BCUT2D eigenvalue weighted by Gasteiger charge is -2.29. The van der Waals surface area contributed by atoms with E-state index in [0.29, 0.717) is 23.0 Å². The normalized spacial score (nSPS) is 14.5. The molecule has 150 valence electrons. The summed E-state index contributed by atoms with van der Waals surface area (Å²) in [5, 5.41) is 7.98. The smallest absolute Gasteiger partial charge is 0.265 e. The lowest BCUT2D eigenvalue weighted by Crippen LogP contribution is -2.41. The molecule has 0 bridgehead atoms. The first-order valence-electron chi connectivity index (χ1n) is 9.29. The van der Waals surface area contributed by atoms with Gasteiger partial charge in [0.2, 0.25) is 5.91 Å². The highest BCUT2D eigenvalue weighted by molar-refractivity contribution is 6.31. The summed E-state index contributed by atoms with van der Waals surface area (Å²) in [6.45, 7) is 8.78. The molecule has 1 aromatic heterocycles. The molecule has 2 amide bonds. The van der Waals surface area contributed by atoms with Crippen LogP contribution in [0.3, 0.4) is 0 Å². The molecule has 8 heteroatoms. The zero-order valence-electron chi connectivity index (χ0n) is 16.6. The Morgan fingerprint density at radius 3 is 2.79 bits per heavy atom. The van der Waals surface area contributed by atoms with Crippen molar-refractivity contribution in [3.8, 4) is 5.75 Å². The molecule has 0 saturated heterocycles. The lowest BCUT2D eigenvalue weighted by atomic mass is 10.2. The quantitative estimate of drug-likeness (QED) is 0.803. The van der Waals surface area contributed by atoms with Gasteiger partial charge in [-0.05, 0) is 51.5 Å². The third-order valence-electron chi connectivity index (χ3n) is 5.13. The molecule has 1 N–H and O–H groups in total. The van der Waals surface area contributed by atoms with Crippen LogP contribution in [0.4, 0.5) is 5.69 Å². The molecule has 0 radical (unpaired) electrons. The Morgan fingerprint density at radius 1 is 1.36 bits per heavy atom. The van der Waals surface area contributed by atoms with Crippen LogP contribution >= 0.6 is 11.6 Å². The number of aryl methyl sites for hydroxylation is 1. The molecule has 0 fully saturated rings. The fourth-order valence-electron chi connectivity index (χ4n) is 3.24. The first-order chi connectivity index (χ1) is 13.3. The van der Waals surface area contributed by atoms with Crippen LogP contribution in [0.2, 0.25) is 5.02 Å². The van der Waals surface area contributed by atoms with E-state index in [9.17, 15) is 9.59 Å². The van der Waals surface area contributed by atoms with E-state index < -0.39 is 0 Å². The number of rotatable bonds is 6. The molecule has 28 heavy (non-hydrogen) atoms. The Labute approximate surface area is 169 Å². The van der Waals surface area contributed by atoms with E-state index in [1.165, 1.54) is 5.56 Å². The second-order valence-electron chi connectivity index (χ2n) is 7.09. The van der Waals surface area contributed by atoms with Crippen LogP contribution in [0, 0.1) is 20.8 Å². The fourth-order valence-corrected chi connectivity index (χ4v) is 3.41. The van der Waals surface area contributed by atoms with Crippen molar-refractivity contribution in [2.45, 2.75) is 40.2 Å². The molecular weight excluding hydrogens is 380 g/mol. The molecule has 1 aliphatic rings. The number of ether oxygens (including phenoxy) is 1. The van der Waals surface area contributed by atoms with Crippen LogP contribution in [-0.4, -0.2) is 41.3 Å². The number of carbonyl (C=O) groups excluding carboxylic acids is 2. The predicted molar refractivity (Wildman–Crippen MR) is 108 cm³/mol. The predicted octanol–water partition coefficient (Wildman–Crippen LogP) is 2.95. The molecule has 1 aromatic carbocycles. The van der Waals surface area contributed by atoms with E-state index in [1.807, 2.05) is 32.4 Å². The first kappa shape index (κ1) is 20.2. The lowest BCUT2D eigenvalue weighted by molar-refractivity contribution is -0.122. The number of halogens is 1. The summed E-state index contributed by atoms with van der Waals surface area (Å²) in [6, 6.07) is 5.17. The van der Waals surface area contributed by atoms with Crippen LogP contribution in [0.25, 0.3) is 0 Å². The molecule has 7 nitrogen and oxygen atoms in total. The van der Waals surface area contributed by atoms with Crippen molar-refractivity contribution in [1.29, 1.82) is 0 Å². The third-order valence-corrected chi connectivity index (χ3v) is 5.36. The summed E-state index contributed by atoms with van der Waals surface area (Å²) < 4.78 is 7.36. The zero-order chi connectivity index (χ0) is 20.4. The van der Waals surface area contributed by atoms with Gasteiger partial charge in [-0.3, -0.25) is 14.3 Å². The number of nitrogens with zero attached hydrogens (tertiary/aromatic N) is 3. The summed E-state index contributed by atoms with van der Waals surface area (Å²) in [5.74, 6) is 0.292. The van der Waals surface area contributed by atoms with E-state index in [2.05, 4.69) is 10.4 Å². The van der Waals surface area contributed by atoms with E-state index in [1.54, 1.807) is 23.1 Å². The average Bonchev–Trinajstić information content (AvgIpc) is 2.92. The molecule has 1 aliphatic heterocycles. The second-order valence-corrected chi connectivity index (χ2v) is 7.53. The third kappa shape index (κ3) is 4.14. The average molecular weight is 405 g/mol. The van der Waals surface area contributed by atoms with Gasteiger partial charge in [-0.15, -0.1) is 0 Å². The minimum atomic E-state index is -0.186. The van der Waals surface area contributed by atoms with Crippen molar-refractivity contribution in [1.82, 2.24) is 15.1 Å². The number of carbonyl (C=O) groups is 2. The summed E-state index contributed by atoms with van der Waals surface area (Å²) in [4.78, 5) is 26.1. The highest BCUT2D eigenvalue weighted by Gasteiger charge is 2.26. The summed E-state index contributed by atoms with van der Waals surface area (Å²) >= 11 is 6.04. The molecule has 3 rings (SSSR count). The maximum atomic E-state index is 12.3. The van der Waals surface area contributed by atoms with Gasteiger partial charge < -0.3 is 15.0 Å². The Hall–Kier alpha value is -2.54. The molecule has 2 heterocycles. The first-order valence-corrected chi connectivity index (χ1v) is 9.67. The number of benzene rings is 1. The number of fused-ring (bicyclic) bond motifs is 1. The summed E-state index contributed by atoms with van der Waals surface area (Å²) in [5.41, 5.74) is 3.87. The number of nitrogens with one attached hydrogen (secondary N) is 1. The molecule has 0 saturated carbocycles. The number of hydrogen-bond donors (Lipinski definition) is 1. The van der Waals surface area contributed by atoms with Crippen molar-refractivity contribution < 1.29 is 14.3 Å². The minimum absolute atomic E-state index is 0.0371. The monoisotopic (exact) mass is 404 g/mol. The number of aromatic nitrogens is 2. The van der Waals surface area contributed by atoms with Crippen LogP contribution in [0.5, 0.6) is 5.75 Å². The van der Waals surface area contributed by atoms with Gasteiger partial charge in [0.05, 0.1) is 17.4 Å². The highest BCUT2D eigenvalue weighted by atomic mass is 35.5. The molecule has 0 aliphatic carbocycles. The zero-order valence-corrected chi connectivity index (χ0v) is 17.3. The summed E-state index contributed by atoms with van der Waals surface area (Å²) in [7, 11) is 0. The van der Waals surface area contributed by atoms with Crippen molar-refractivity contribution in [2.75, 3.05) is 24.6 Å². The highest BCUT2D eigenvalue weighted by Crippen LogP contribution is 2.34. The van der Waals surface area contributed by atoms with Gasteiger partial charge >= 0.3 is 0 Å². The van der Waals surface area contributed by atoms with Gasteiger partial charge in [-0.1, -0.05) is 11.6 Å². The van der Waals surface area contributed by atoms with Gasteiger partial charge in [0.15, 0.2) is 6.61 Å². The van der Waals surface area contributed by atoms with Gasteiger partial charge in [0, 0.05) is 30.2 Å². The van der Waals surface area contributed by atoms with Crippen molar-refractivity contribution in [2.24, 2.45) is 0 Å². The molecule has 0 unspecified atom stereocenters. The van der Waals surface area contributed by atoms with Crippen molar-refractivity contribution >= 4 is 29.1 Å². The van der Waals surface area contributed by atoms with Crippen molar-refractivity contribution in [3.05, 3.63) is 40.2 Å². The van der Waals surface area contributed by atoms with E-state index in [-0.39, 0.29) is 37.4 Å². The van der Waals surface area contributed by atoms with E-state index in [0.717, 1.165) is 11.4 Å². The standard InChI is InChI=1S/C20H25ClN4O3/c1-12(25-15(4)13(2)14(3)23-25)10-22-19(26)7-8-24-17-9-16(21)5-6-18(17)28-11-20(24)27/h5-6,9,12H,7-8,10-11H2,1-4H3,(H,22,26)/t12-/m1/s1. The summed E-state index contributed by atoms with van der Waals surface area (Å²) in [6.07, 6.45) is 0.195. The SMILES string of the molecule is Cc1nn([C@H](C)CNC(=O)CCN2C(=O)COc3ccc(Cl)cc32)c(C)c1C. The maximum absolute atomic E-state index is 12.3. The van der Waals surface area contributed by atoms with Gasteiger partial charge in [0.1, 0.15) is 5.75 Å². The number of hydrogen-bond acceptors (Lipinski definition) is 4. The van der Waals surface area contributed by atoms with Gasteiger partial charge in [0.25, 0.3) is 5.91 Å². The van der Waals surface area contributed by atoms with Crippen molar-refractivity contribution in [3.63, 3.8) is 0 Å². The largest absolute Gasteiger partial charge is 0.482 e. The van der Waals surface area contributed by atoms with E-state index in [4.69, 9.17) is 16.3 Å². The molecular formula is C20H25ClN4O3. The number of amides is 2. The fraction of sp³-hybridized carbons (Fsp3) is 0.450. The van der Waals surface area contributed by atoms with Gasteiger partial charge in [-0.25, -0.2) is 0 Å².